The molecule has 23 heavy (non-hydrogen) atoms. The molecule has 3 rings (SSSR count). The van der Waals surface area contributed by atoms with Gasteiger partial charge in [0.25, 0.3) is 0 Å². The zero-order valence-electron chi connectivity index (χ0n) is 14.0. The minimum Gasteiger partial charge on any atom is -0.349 e. The maximum atomic E-state index is 13.7. The van der Waals surface area contributed by atoms with Crippen LogP contribution in [0, 0.1) is 30.5 Å². The Labute approximate surface area is 137 Å². The van der Waals surface area contributed by atoms with Crippen molar-refractivity contribution >= 4 is 5.91 Å². The molecule has 0 aliphatic heterocycles. The fraction of sp³-hybridized carbons (Fsp3) is 0.632. The number of aryl methyl sites for hydroxylation is 1. The van der Waals surface area contributed by atoms with Gasteiger partial charge in [0.05, 0.1) is 6.04 Å². The molecular weight excluding hydrogens is 291 g/mol. The molecule has 1 aromatic carbocycles. The van der Waals surface area contributed by atoms with Crippen LogP contribution in [0.2, 0.25) is 0 Å². The van der Waals surface area contributed by atoms with Gasteiger partial charge in [0.2, 0.25) is 5.91 Å². The number of fused-ring (bicyclic) bond motifs is 2. The van der Waals surface area contributed by atoms with Crippen LogP contribution in [0.1, 0.15) is 56.2 Å². The number of nitrogens with two attached hydrogens (primary N) is 1. The summed E-state index contributed by atoms with van der Waals surface area (Å²) in [4.78, 5) is 12.6. The van der Waals surface area contributed by atoms with E-state index in [1.807, 2.05) is 13.0 Å². The quantitative estimate of drug-likeness (QED) is 0.896. The zero-order valence-corrected chi connectivity index (χ0v) is 14.0. The fourth-order valence-electron chi connectivity index (χ4n) is 4.30. The lowest BCUT2D eigenvalue weighted by Gasteiger charge is -2.43. The fourth-order valence-corrected chi connectivity index (χ4v) is 4.30. The topological polar surface area (TPSA) is 55.1 Å². The number of nitrogens with one attached hydrogen (secondary N) is 1. The van der Waals surface area contributed by atoms with Crippen molar-refractivity contribution in [3.8, 4) is 0 Å². The molecule has 3 unspecified atom stereocenters. The Morgan fingerprint density at radius 3 is 2.57 bits per heavy atom. The number of hydrogen-bond acceptors (Lipinski definition) is 2. The van der Waals surface area contributed by atoms with Crippen LogP contribution in [0.3, 0.4) is 0 Å². The van der Waals surface area contributed by atoms with Crippen molar-refractivity contribution < 1.29 is 9.18 Å². The van der Waals surface area contributed by atoms with Crippen LogP contribution >= 0.6 is 0 Å². The third-order valence-corrected chi connectivity index (χ3v) is 5.84. The Kier molecular flexibility index (Phi) is 4.72. The van der Waals surface area contributed by atoms with Crippen molar-refractivity contribution in [3.63, 3.8) is 0 Å². The highest BCUT2D eigenvalue weighted by Crippen LogP contribution is 2.42. The van der Waals surface area contributed by atoms with Gasteiger partial charge in [-0.15, -0.1) is 0 Å². The maximum absolute atomic E-state index is 13.7. The number of halogens is 1. The van der Waals surface area contributed by atoms with E-state index >= 15 is 0 Å². The van der Waals surface area contributed by atoms with Gasteiger partial charge in [0.1, 0.15) is 5.82 Å². The van der Waals surface area contributed by atoms with Crippen LogP contribution < -0.4 is 11.1 Å². The van der Waals surface area contributed by atoms with Gasteiger partial charge in [-0.3, -0.25) is 4.79 Å². The summed E-state index contributed by atoms with van der Waals surface area (Å²) in [5.41, 5.74) is 7.74. The first-order chi connectivity index (χ1) is 11.0. The summed E-state index contributed by atoms with van der Waals surface area (Å²) in [7, 11) is 0. The largest absolute Gasteiger partial charge is 0.349 e. The van der Waals surface area contributed by atoms with Crippen LogP contribution in [-0.2, 0) is 4.79 Å². The van der Waals surface area contributed by atoms with E-state index in [9.17, 15) is 9.18 Å². The molecule has 0 aromatic heterocycles. The molecule has 3 N–H and O–H groups in total. The van der Waals surface area contributed by atoms with Crippen molar-refractivity contribution in [1.29, 1.82) is 0 Å². The number of benzene rings is 1. The van der Waals surface area contributed by atoms with E-state index in [4.69, 9.17) is 5.73 Å². The third kappa shape index (κ3) is 3.42. The van der Waals surface area contributed by atoms with Gasteiger partial charge in [-0.25, -0.2) is 4.39 Å². The monoisotopic (exact) mass is 318 g/mol. The van der Waals surface area contributed by atoms with Crippen molar-refractivity contribution in [1.82, 2.24) is 5.32 Å². The minimum absolute atomic E-state index is 0.0582. The Hall–Kier alpha value is -1.42. The lowest BCUT2D eigenvalue weighted by Crippen LogP contribution is -2.49. The van der Waals surface area contributed by atoms with E-state index in [1.54, 1.807) is 13.0 Å². The van der Waals surface area contributed by atoms with Crippen molar-refractivity contribution in [2.45, 2.75) is 58.0 Å². The van der Waals surface area contributed by atoms with Crippen LogP contribution in [0.5, 0.6) is 0 Å². The summed E-state index contributed by atoms with van der Waals surface area (Å²) in [5, 5.41) is 3.07. The maximum Gasteiger partial charge on any atom is 0.223 e. The predicted octanol–water partition coefficient (Wildman–Crippen LogP) is 3.46. The van der Waals surface area contributed by atoms with E-state index in [0.29, 0.717) is 17.4 Å². The highest BCUT2D eigenvalue weighted by atomic mass is 19.1. The molecule has 2 saturated carbocycles. The molecule has 2 aliphatic rings. The van der Waals surface area contributed by atoms with Crippen LogP contribution in [-0.4, -0.2) is 11.9 Å². The molecule has 3 nitrogen and oxygen atoms in total. The molecule has 3 atom stereocenters. The molecule has 1 amide bonds. The van der Waals surface area contributed by atoms with E-state index in [0.717, 1.165) is 31.2 Å². The second kappa shape index (κ2) is 6.60. The molecule has 2 bridgehead atoms. The number of carbonyl (C=O) groups is 1. The summed E-state index contributed by atoms with van der Waals surface area (Å²) in [5.74, 6) is 0.919. The molecule has 0 saturated heterocycles. The summed E-state index contributed by atoms with van der Waals surface area (Å²) >= 11 is 0. The first-order valence-corrected chi connectivity index (χ1v) is 8.77. The van der Waals surface area contributed by atoms with E-state index in [-0.39, 0.29) is 29.7 Å². The smallest absolute Gasteiger partial charge is 0.223 e. The Balaban J connectivity index is 1.63. The van der Waals surface area contributed by atoms with Crippen molar-refractivity contribution in [3.05, 3.63) is 35.1 Å². The zero-order chi connectivity index (χ0) is 16.6. The first kappa shape index (κ1) is 16.4. The Morgan fingerprint density at radius 2 is 1.96 bits per heavy atom. The molecule has 2 aliphatic carbocycles. The Bertz CT molecular complexity index is 575. The summed E-state index contributed by atoms with van der Waals surface area (Å²) in [6.07, 6.45) is 5.35. The summed E-state index contributed by atoms with van der Waals surface area (Å²) < 4.78 is 13.7. The molecule has 2 fully saturated rings. The normalized spacial score (nSPS) is 31.5. The second-order valence-corrected chi connectivity index (χ2v) is 7.44. The van der Waals surface area contributed by atoms with Gasteiger partial charge >= 0.3 is 0 Å². The second-order valence-electron chi connectivity index (χ2n) is 7.44. The molecule has 4 heteroatoms. The third-order valence-electron chi connectivity index (χ3n) is 5.84. The van der Waals surface area contributed by atoms with Crippen molar-refractivity contribution in [2.24, 2.45) is 23.5 Å². The molecule has 0 heterocycles. The standard InChI is InChI=1S/C19H27FN2O/c1-11-6-7-13(10-17(11)20)12(2)22-19(23)16-8-14-4-3-5-15(9-16)18(14)21/h6-7,10,12,14-16,18H,3-5,8-9,21H2,1-2H3,(H,22,23). The minimum atomic E-state index is -0.221. The van der Waals surface area contributed by atoms with Gasteiger partial charge < -0.3 is 11.1 Å². The average molecular weight is 318 g/mol. The van der Waals surface area contributed by atoms with E-state index in [1.165, 1.54) is 12.5 Å². The average Bonchev–Trinajstić information content (AvgIpc) is 2.49. The highest BCUT2D eigenvalue weighted by Gasteiger charge is 2.40. The van der Waals surface area contributed by atoms with Gasteiger partial charge in [-0.05, 0) is 68.6 Å². The number of carbonyl (C=O) groups excluding carboxylic acids is 1. The molecule has 126 valence electrons. The van der Waals surface area contributed by atoms with E-state index in [2.05, 4.69) is 5.32 Å². The van der Waals surface area contributed by atoms with Crippen molar-refractivity contribution in [2.75, 3.05) is 0 Å². The van der Waals surface area contributed by atoms with Gasteiger partial charge in [0, 0.05) is 12.0 Å². The summed E-state index contributed by atoms with van der Waals surface area (Å²) in [6.45, 7) is 3.66. The molecule has 0 radical (unpaired) electrons. The molecule has 1 aromatic rings. The van der Waals surface area contributed by atoms with Crippen LogP contribution in [0.4, 0.5) is 4.39 Å². The lowest BCUT2D eigenvalue weighted by atomic mass is 9.65. The number of rotatable bonds is 3. The summed E-state index contributed by atoms with van der Waals surface area (Å²) in [6, 6.07) is 5.27. The highest BCUT2D eigenvalue weighted by molar-refractivity contribution is 5.79. The number of hydrogen-bond donors (Lipinski definition) is 2. The van der Waals surface area contributed by atoms with Gasteiger partial charge in [-0.1, -0.05) is 18.6 Å². The SMILES string of the molecule is Cc1ccc(C(C)NC(=O)C2CC3CCCC(C2)C3N)cc1F. The van der Waals surface area contributed by atoms with Crippen LogP contribution in [0.15, 0.2) is 18.2 Å². The van der Waals surface area contributed by atoms with E-state index < -0.39 is 0 Å². The first-order valence-electron chi connectivity index (χ1n) is 8.77. The molecular formula is C19H27FN2O. The van der Waals surface area contributed by atoms with Gasteiger partial charge in [0.15, 0.2) is 0 Å². The predicted molar refractivity (Wildman–Crippen MR) is 89.2 cm³/mol. The van der Waals surface area contributed by atoms with Gasteiger partial charge in [-0.2, -0.15) is 0 Å². The molecule has 0 spiro atoms. The Morgan fingerprint density at radius 1 is 1.30 bits per heavy atom. The lowest BCUT2D eigenvalue weighted by molar-refractivity contribution is -0.128. The number of amides is 1. The van der Waals surface area contributed by atoms with Crippen LogP contribution in [0.25, 0.3) is 0 Å².